The van der Waals surface area contributed by atoms with Gasteiger partial charge in [0.2, 0.25) is 10.0 Å². The van der Waals surface area contributed by atoms with Gasteiger partial charge in [0, 0.05) is 6.54 Å². The SMILES string of the molecule is C=Cc1cc(CN)cc(C(F)(F)F)c1NS(C)(=O)=O. The molecule has 0 aliphatic rings. The average molecular weight is 294 g/mol. The Hall–Kier alpha value is -1.54. The van der Waals surface area contributed by atoms with Gasteiger partial charge in [-0.25, -0.2) is 8.42 Å². The first-order valence-corrected chi connectivity index (χ1v) is 7.02. The summed E-state index contributed by atoms with van der Waals surface area (Å²) >= 11 is 0. The van der Waals surface area contributed by atoms with Gasteiger partial charge in [-0.15, -0.1) is 0 Å². The van der Waals surface area contributed by atoms with E-state index in [-0.39, 0.29) is 17.7 Å². The Bertz CT molecular complexity index is 595. The zero-order valence-electron chi connectivity index (χ0n) is 10.1. The van der Waals surface area contributed by atoms with Crippen LogP contribution in [0.1, 0.15) is 16.7 Å². The maximum absolute atomic E-state index is 12.9. The van der Waals surface area contributed by atoms with E-state index < -0.39 is 27.5 Å². The Labute approximate surface area is 109 Å². The van der Waals surface area contributed by atoms with Crippen molar-refractivity contribution in [3.8, 4) is 0 Å². The molecule has 106 valence electrons. The van der Waals surface area contributed by atoms with Crippen molar-refractivity contribution < 1.29 is 21.6 Å². The van der Waals surface area contributed by atoms with E-state index in [4.69, 9.17) is 5.73 Å². The van der Waals surface area contributed by atoms with E-state index in [1.165, 1.54) is 6.07 Å². The highest BCUT2D eigenvalue weighted by Crippen LogP contribution is 2.38. The topological polar surface area (TPSA) is 72.2 Å². The van der Waals surface area contributed by atoms with E-state index in [1.807, 2.05) is 4.72 Å². The molecule has 0 bridgehead atoms. The molecular weight excluding hydrogens is 281 g/mol. The molecule has 0 atom stereocenters. The van der Waals surface area contributed by atoms with Crippen molar-refractivity contribution in [2.24, 2.45) is 5.73 Å². The second kappa shape index (κ2) is 5.22. The Balaban J connectivity index is 3.60. The molecule has 0 saturated heterocycles. The van der Waals surface area contributed by atoms with Crippen molar-refractivity contribution in [3.63, 3.8) is 0 Å². The predicted molar refractivity (Wildman–Crippen MR) is 67.9 cm³/mol. The van der Waals surface area contributed by atoms with Gasteiger partial charge in [0.05, 0.1) is 17.5 Å². The van der Waals surface area contributed by atoms with Crippen molar-refractivity contribution >= 4 is 21.8 Å². The minimum Gasteiger partial charge on any atom is -0.326 e. The summed E-state index contributed by atoms with van der Waals surface area (Å²) in [5.41, 5.74) is 3.96. The van der Waals surface area contributed by atoms with Gasteiger partial charge in [-0.2, -0.15) is 13.2 Å². The predicted octanol–water partition coefficient (Wildman–Crippen LogP) is 2.18. The largest absolute Gasteiger partial charge is 0.418 e. The summed E-state index contributed by atoms with van der Waals surface area (Å²) in [6, 6.07) is 2.18. The first-order valence-electron chi connectivity index (χ1n) is 5.13. The van der Waals surface area contributed by atoms with E-state index >= 15 is 0 Å². The fourth-order valence-corrected chi connectivity index (χ4v) is 2.13. The number of nitrogens with two attached hydrogens (primary N) is 1. The Morgan fingerprint density at radius 2 is 2.00 bits per heavy atom. The molecule has 1 aromatic rings. The highest BCUT2D eigenvalue weighted by atomic mass is 32.2. The molecule has 0 aliphatic heterocycles. The Kier molecular flexibility index (Phi) is 4.26. The third kappa shape index (κ3) is 3.97. The van der Waals surface area contributed by atoms with Gasteiger partial charge in [-0.3, -0.25) is 4.72 Å². The van der Waals surface area contributed by atoms with Crippen LogP contribution >= 0.6 is 0 Å². The van der Waals surface area contributed by atoms with Gasteiger partial charge in [0.25, 0.3) is 0 Å². The maximum atomic E-state index is 12.9. The highest BCUT2D eigenvalue weighted by Gasteiger charge is 2.35. The van der Waals surface area contributed by atoms with E-state index in [2.05, 4.69) is 6.58 Å². The van der Waals surface area contributed by atoms with Crippen molar-refractivity contribution in [1.82, 2.24) is 0 Å². The van der Waals surface area contributed by atoms with Crippen LogP contribution in [-0.2, 0) is 22.7 Å². The molecule has 3 N–H and O–H groups in total. The summed E-state index contributed by atoms with van der Waals surface area (Å²) in [5.74, 6) is 0. The molecule has 8 heteroatoms. The number of anilines is 1. The van der Waals surface area contributed by atoms with Crippen molar-refractivity contribution in [1.29, 1.82) is 0 Å². The lowest BCUT2D eigenvalue weighted by Crippen LogP contribution is -2.17. The minimum atomic E-state index is -4.70. The average Bonchev–Trinajstić information content (AvgIpc) is 2.25. The van der Waals surface area contributed by atoms with E-state index in [0.717, 1.165) is 18.4 Å². The Morgan fingerprint density at radius 3 is 2.37 bits per heavy atom. The molecule has 0 aliphatic carbocycles. The van der Waals surface area contributed by atoms with Gasteiger partial charge in [-0.05, 0) is 23.3 Å². The van der Waals surface area contributed by atoms with Gasteiger partial charge < -0.3 is 5.73 Å². The summed E-state index contributed by atoms with van der Waals surface area (Å²) < 4.78 is 63.0. The standard InChI is InChI=1S/C11H13F3N2O2S/c1-3-8-4-7(6-15)5-9(11(12,13)14)10(8)16-19(2,17)18/h3-5,16H,1,6,15H2,2H3. The van der Waals surface area contributed by atoms with E-state index in [0.29, 0.717) is 0 Å². The fraction of sp³-hybridized carbons (Fsp3) is 0.273. The quantitative estimate of drug-likeness (QED) is 0.894. The molecule has 1 rings (SSSR count). The number of halogens is 3. The second-order valence-corrected chi connectivity index (χ2v) is 5.64. The summed E-state index contributed by atoms with van der Waals surface area (Å²) in [5, 5.41) is 0. The first-order chi connectivity index (χ1) is 8.58. The van der Waals surface area contributed by atoms with Crippen LogP contribution in [-0.4, -0.2) is 14.7 Å². The van der Waals surface area contributed by atoms with Crippen LogP contribution in [0.15, 0.2) is 18.7 Å². The summed E-state index contributed by atoms with van der Waals surface area (Å²) in [7, 11) is -3.84. The minimum absolute atomic E-state index is 0.0284. The molecule has 4 nitrogen and oxygen atoms in total. The number of alkyl halides is 3. The molecule has 0 fully saturated rings. The third-order valence-corrected chi connectivity index (χ3v) is 2.85. The van der Waals surface area contributed by atoms with Crippen LogP contribution in [0.3, 0.4) is 0 Å². The molecule has 19 heavy (non-hydrogen) atoms. The number of sulfonamides is 1. The van der Waals surface area contributed by atoms with Gasteiger partial charge in [0.15, 0.2) is 0 Å². The first kappa shape index (κ1) is 15.5. The second-order valence-electron chi connectivity index (χ2n) is 3.89. The van der Waals surface area contributed by atoms with E-state index in [9.17, 15) is 21.6 Å². The number of benzene rings is 1. The monoisotopic (exact) mass is 294 g/mol. The van der Waals surface area contributed by atoms with E-state index in [1.54, 1.807) is 0 Å². The van der Waals surface area contributed by atoms with Gasteiger partial charge >= 0.3 is 6.18 Å². The smallest absolute Gasteiger partial charge is 0.326 e. The Morgan fingerprint density at radius 1 is 1.42 bits per heavy atom. The van der Waals surface area contributed by atoms with Crippen molar-refractivity contribution in [2.45, 2.75) is 12.7 Å². The zero-order chi connectivity index (χ0) is 14.8. The lowest BCUT2D eigenvalue weighted by molar-refractivity contribution is -0.136. The van der Waals surface area contributed by atoms with Gasteiger partial charge in [0.1, 0.15) is 0 Å². The lowest BCUT2D eigenvalue weighted by atomic mass is 10.0. The van der Waals surface area contributed by atoms with Crippen LogP contribution in [0, 0.1) is 0 Å². The van der Waals surface area contributed by atoms with Crippen LogP contribution in [0.4, 0.5) is 18.9 Å². The number of nitrogens with one attached hydrogen (secondary N) is 1. The number of rotatable bonds is 4. The molecule has 0 aromatic heterocycles. The number of hydrogen-bond acceptors (Lipinski definition) is 3. The molecule has 1 aromatic carbocycles. The van der Waals surface area contributed by atoms with Crippen LogP contribution in [0.5, 0.6) is 0 Å². The highest BCUT2D eigenvalue weighted by molar-refractivity contribution is 7.92. The molecule has 0 unspecified atom stereocenters. The van der Waals surface area contributed by atoms with Crippen LogP contribution in [0.25, 0.3) is 6.08 Å². The molecule has 0 saturated carbocycles. The van der Waals surface area contributed by atoms with Crippen LogP contribution < -0.4 is 10.5 Å². The molecule has 0 spiro atoms. The van der Waals surface area contributed by atoms with Crippen molar-refractivity contribution in [3.05, 3.63) is 35.4 Å². The van der Waals surface area contributed by atoms with Gasteiger partial charge in [-0.1, -0.05) is 12.7 Å². The molecular formula is C11H13F3N2O2S. The third-order valence-electron chi connectivity index (χ3n) is 2.28. The normalized spacial score (nSPS) is 12.3. The lowest BCUT2D eigenvalue weighted by Gasteiger charge is -2.17. The molecule has 0 heterocycles. The fourth-order valence-electron chi connectivity index (χ4n) is 1.53. The summed E-state index contributed by atoms with van der Waals surface area (Å²) in [6.07, 6.45) is -2.78. The maximum Gasteiger partial charge on any atom is 0.418 e. The number of hydrogen-bond donors (Lipinski definition) is 2. The summed E-state index contributed by atoms with van der Waals surface area (Å²) in [6.45, 7) is 3.28. The summed E-state index contributed by atoms with van der Waals surface area (Å²) in [4.78, 5) is 0. The zero-order valence-corrected chi connectivity index (χ0v) is 10.9. The van der Waals surface area contributed by atoms with Crippen LogP contribution in [0.2, 0.25) is 0 Å². The molecule has 0 radical (unpaired) electrons. The van der Waals surface area contributed by atoms with Crippen molar-refractivity contribution in [2.75, 3.05) is 11.0 Å². The molecule has 0 amide bonds.